The number of hydrogen-bond donors (Lipinski definition) is 1. The van der Waals surface area contributed by atoms with Crippen molar-refractivity contribution in [2.24, 2.45) is 0 Å². The number of amides is 2. The van der Waals surface area contributed by atoms with Crippen LogP contribution in [0.3, 0.4) is 0 Å². The second kappa shape index (κ2) is 8.35. The van der Waals surface area contributed by atoms with Crippen molar-refractivity contribution in [3.8, 4) is 5.75 Å². The topological polar surface area (TPSA) is 111 Å². The van der Waals surface area contributed by atoms with E-state index in [4.69, 9.17) is 4.42 Å². The summed E-state index contributed by atoms with van der Waals surface area (Å²) in [5.41, 5.74) is 0.223. The van der Waals surface area contributed by atoms with E-state index in [0.717, 1.165) is 12.8 Å². The largest absolute Gasteiger partial charge is 0.507 e. The van der Waals surface area contributed by atoms with Gasteiger partial charge >= 0.3 is 0 Å². The van der Waals surface area contributed by atoms with Crippen LogP contribution in [-0.2, 0) is 10.0 Å². The highest BCUT2D eigenvalue weighted by atomic mass is 32.2. The maximum absolute atomic E-state index is 12.9. The Labute approximate surface area is 180 Å². The van der Waals surface area contributed by atoms with Gasteiger partial charge in [-0.05, 0) is 31.9 Å². The standard InChI is InChI=1S/C21H25N3O6S/c1-15-19(31(28,29)24-8-4-5-9-24)14-18(30-15)21(27)23-12-10-22(11-13-23)20(26)16-6-2-3-7-17(16)25/h2-3,6-7,14,25H,4-5,8-13H2,1H3. The predicted octanol–water partition coefficient (Wildman–Crippen LogP) is 1.68. The van der Waals surface area contributed by atoms with Crippen LogP contribution in [-0.4, -0.2) is 78.7 Å². The summed E-state index contributed by atoms with van der Waals surface area (Å²) in [6.07, 6.45) is 1.65. The van der Waals surface area contributed by atoms with Crippen LogP contribution in [0.15, 0.2) is 39.6 Å². The van der Waals surface area contributed by atoms with Crippen molar-refractivity contribution in [2.45, 2.75) is 24.7 Å². The number of furan rings is 1. The molecule has 0 bridgehead atoms. The van der Waals surface area contributed by atoms with Gasteiger partial charge in [0.05, 0.1) is 5.56 Å². The summed E-state index contributed by atoms with van der Waals surface area (Å²) in [4.78, 5) is 28.7. The summed E-state index contributed by atoms with van der Waals surface area (Å²) in [6.45, 7) is 3.67. The third-order valence-corrected chi connectivity index (χ3v) is 7.76. The predicted molar refractivity (Wildman–Crippen MR) is 111 cm³/mol. The molecule has 10 heteroatoms. The fraction of sp³-hybridized carbons (Fsp3) is 0.429. The minimum absolute atomic E-state index is 0.0178. The molecule has 1 aromatic carbocycles. The van der Waals surface area contributed by atoms with Gasteiger partial charge in [-0.1, -0.05) is 12.1 Å². The first-order valence-electron chi connectivity index (χ1n) is 10.3. The van der Waals surface area contributed by atoms with Crippen molar-refractivity contribution < 1.29 is 27.5 Å². The molecule has 9 nitrogen and oxygen atoms in total. The zero-order valence-electron chi connectivity index (χ0n) is 17.3. The number of rotatable bonds is 4. The maximum atomic E-state index is 12.9. The van der Waals surface area contributed by atoms with Crippen LogP contribution < -0.4 is 0 Å². The first kappa shape index (κ1) is 21.4. The molecular formula is C21H25N3O6S. The van der Waals surface area contributed by atoms with E-state index in [-0.39, 0.29) is 46.7 Å². The van der Waals surface area contributed by atoms with Gasteiger partial charge in [0.2, 0.25) is 10.0 Å². The number of carbonyl (C=O) groups excluding carboxylic acids is 2. The van der Waals surface area contributed by atoms with Crippen molar-refractivity contribution in [3.63, 3.8) is 0 Å². The van der Waals surface area contributed by atoms with Crippen LogP contribution in [0.5, 0.6) is 5.75 Å². The van der Waals surface area contributed by atoms with E-state index in [0.29, 0.717) is 26.2 Å². The lowest BCUT2D eigenvalue weighted by atomic mass is 10.1. The molecule has 166 valence electrons. The highest BCUT2D eigenvalue weighted by Gasteiger charge is 2.33. The molecule has 0 atom stereocenters. The number of nitrogens with zero attached hydrogens (tertiary/aromatic N) is 3. The van der Waals surface area contributed by atoms with Crippen molar-refractivity contribution in [1.29, 1.82) is 0 Å². The Kier molecular flexibility index (Phi) is 5.76. The fourth-order valence-corrected chi connectivity index (χ4v) is 5.67. The molecule has 31 heavy (non-hydrogen) atoms. The normalized spacial score (nSPS) is 17.8. The Bertz CT molecular complexity index is 1100. The average molecular weight is 448 g/mol. The van der Waals surface area contributed by atoms with Gasteiger partial charge in [-0.25, -0.2) is 8.42 Å². The Morgan fingerprint density at radius 3 is 2.13 bits per heavy atom. The van der Waals surface area contributed by atoms with E-state index in [9.17, 15) is 23.1 Å². The van der Waals surface area contributed by atoms with E-state index in [1.807, 2.05) is 0 Å². The Morgan fingerprint density at radius 2 is 1.52 bits per heavy atom. The molecule has 0 unspecified atom stereocenters. The highest BCUT2D eigenvalue weighted by molar-refractivity contribution is 7.89. The van der Waals surface area contributed by atoms with E-state index in [1.54, 1.807) is 34.9 Å². The van der Waals surface area contributed by atoms with Crippen molar-refractivity contribution >= 4 is 21.8 Å². The van der Waals surface area contributed by atoms with Gasteiger partial charge in [0.15, 0.2) is 5.76 Å². The molecule has 0 spiro atoms. The molecule has 2 saturated heterocycles. The number of hydrogen-bond acceptors (Lipinski definition) is 6. The minimum atomic E-state index is -3.68. The van der Waals surface area contributed by atoms with E-state index >= 15 is 0 Å². The lowest BCUT2D eigenvalue weighted by molar-refractivity contribution is 0.0516. The second-order valence-corrected chi connectivity index (χ2v) is 9.65. The van der Waals surface area contributed by atoms with Crippen molar-refractivity contribution in [3.05, 3.63) is 47.4 Å². The number of carbonyl (C=O) groups is 2. The number of aryl methyl sites for hydroxylation is 1. The monoisotopic (exact) mass is 447 g/mol. The molecule has 1 N–H and O–H groups in total. The molecule has 0 radical (unpaired) electrons. The van der Waals surface area contributed by atoms with Crippen molar-refractivity contribution in [2.75, 3.05) is 39.3 Å². The van der Waals surface area contributed by atoms with Crippen LogP contribution in [0.1, 0.15) is 39.5 Å². The molecule has 2 aliphatic rings. The van der Waals surface area contributed by atoms with Crippen LogP contribution in [0.4, 0.5) is 0 Å². The highest BCUT2D eigenvalue weighted by Crippen LogP contribution is 2.27. The van der Waals surface area contributed by atoms with Gasteiger partial charge in [-0.3, -0.25) is 9.59 Å². The van der Waals surface area contributed by atoms with Gasteiger partial charge < -0.3 is 19.3 Å². The number of phenols is 1. The third kappa shape index (κ3) is 4.05. The zero-order valence-corrected chi connectivity index (χ0v) is 18.1. The Balaban J connectivity index is 1.44. The van der Waals surface area contributed by atoms with Gasteiger partial charge in [-0.2, -0.15) is 4.31 Å². The van der Waals surface area contributed by atoms with Crippen LogP contribution in [0.2, 0.25) is 0 Å². The SMILES string of the molecule is Cc1oc(C(=O)N2CCN(C(=O)c3ccccc3O)CC2)cc1S(=O)(=O)N1CCCC1. The first-order chi connectivity index (χ1) is 14.8. The van der Waals surface area contributed by atoms with E-state index in [1.165, 1.54) is 16.4 Å². The van der Waals surface area contributed by atoms with E-state index < -0.39 is 15.9 Å². The summed E-state index contributed by atoms with van der Waals surface area (Å²) < 4.78 is 32.6. The second-order valence-electron chi connectivity index (χ2n) is 7.74. The lowest BCUT2D eigenvalue weighted by Crippen LogP contribution is -2.50. The molecular weight excluding hydrogens is 422 g/mol. The molecule has 3 heterocycles. The summed E-state index contributed by atoms with van der Waals surface area (Å²) in [6, 6.07) is 7.65. The lowest BCUT2D eigenvalue weighted by Gasteiger charge is -2.34. The quantitative estimate of drug-likeness (QED) is 0.763. The number of benzene rings is 1. The first-order valence-corrected chi connectivity index (χ1v) is 11.7. The minimum Gasteiger partial charge on any atom is -0.507 e. The summed E-state index contributed by atoms with van der Waals surface area (Å²) in [5, 5.41) is 9.90. The number of sulfonamides is 1. The van der Waals surface area contributed by atoms with Gasteiger partial charge in [-0.15, -0.1) is 0 Å². The molecule has 2 fully saturated rings. The summed E-state index contributed by atoms with van der Waals surface area (Å²) in [7, 11) is -3.68. The third-order valence-electron chi connectivity index (χ3n) is 5.75. The molecule has 4 rings (SSSR count). The van der Waals surface area contributed by atoms with Crippen LogP contribution >= 0.6 is 0 Å². The van der Waals surface area contributed by atoms with Gasteiger partial charge in [0, 0.05) is 45.3 Å². The molecule has 2 aliphatic heterocycles. The number of phenolic OH excluding ortho intramolecular Hbond substituents is 1. The zero-order chi connectivity index (χ0) is 22.2. The van der Waals surface area contributed by atoms with E-state index in [2.05, 4.69) is 0 Å². The Morgan fingerprint density at radius 1 is 0.935 bits per heavy atom. The van der Waals surface area contributed by atoms with Crippen molar-refractivity contribution in [1.82, 2.24) is 14.1 Å². The summed E-state index contributed by atoms with van der Waals surface area (Å²) in [5.74, 6) is -0.596. The number of piperazine rings is 1. The molecule has 2 aromatic rings. The fourth-order valence-electron chi connectivity index (χ4n) is 3.99. The smallest absolute Gasteiger partial charge is 0.289 e. The van der Waals surface area contributed by atoms with Gasteiger partial charge in [0.25, 0.3) is 11.8 Å². The molecule has 2 amide bonds. The van der Waals surface area contributed by atoms with Crippen LogP contribution in [0.25, 0.3) is 0 Å². The Hall–Kier alpha value is -2.85. The number of para-hydroxylation sites is 1. The maximum Gasteiger partial charge on any atom is 0.289 e. The van der Waals surface area contributed by atoms with Gasteiger partial charge in [0.1, 0.15) is 16.4 Å². The van der Waals surface area contributed by atoms with Crippen LogP contribution in [0, 0.1) is 6.92 Å². The summed E-state index contributed by atoms with van der Waals surface area (Å²) >= 11 is 0. The molecule has 0 saturated carbocycles. The number of aromatic hydroxyl groups is 1. The molecule has 0 aliphatic carbocycles. The molecule has 1 aromatic heterocycles. The average Bonchev–Trinajstić information content (AvgIpc) is 3.44.